The molecule has 1 heterocycles. The number of hydrogen-bond acceptors (Lipinski definition) is 8. The fraction of sp³-hybridized carbons (Fsp3) is 0.286. The minimum atomic E-state index is -0.417. The lowest BCUT2D eigenvalue weighted by Crippen LogP contribution is -2.10. The highest BCUT2D eigenvalue weighted by atomic mass is 16.5. The first-order chi connectivity index (χ1) is 14.2. The molecule has 0 aliphatic heterocycles. The molecule has 3 rings (SSSR count). The van der Waals surface area contributed by atoms with E-state index in [4.69, 9.17) is 23.4 Å². The third-order valence-electron chi connectivity index (χ3n) is 3.87. The number of hydrogen-bond donors (Lipinski definition) is 0. The third kappa shape index (κ3) is 5.97. The Morgan fingerprint density at radius 1 is 0.931 bits per heavy atom. The normalized spacial score (nSPS) is 10.4. The SMILES string of the molecule is CCOc1ccc(OCCC(=O)OCc2nnc(-c3ccc(OC)cc3)o2)cc1. The molecular formula is C21H22N2O6. The molecule has 0 spiro atoms. The molecule has 1 aromatic heterocycles. The third-order valence-corrected chi connectivity index (χ3v) is 3.87. The van der Waals surface area contributed by atoms with E-state index in [0.29, 0.717) is 18.2 Å². The van der Waals surface area contributed by atoms with E-state index in [2.05, 4.69) is 10.2 Å². The van der Waals surface area contributed by atoms with Crippen LogP contribution in [0.3, 0.4) is 0 Å². The van der Waals surface area contributed by atoms with Gasteiger partial charge in [0, 0.05) is 5.56 Å². The number of rotatable bonds is 10. The average Bonchev–Trinajstić information content (AvgIpc) is 3.23. The van der Waals surface area contributed by atoms with Crippen LogP contribution in [-0.4, -0.2) is 36.5 Å². The van der Waals surface area contributed by atoms with Gasteiger partial charge in [-0.2, -0.15) is 0 Å². The van der Waals surface area contributed by atoms with Crippen molar-refractivity contribution in [1.29, 1.82) is 0 Å². The van der Waals surface area contributed by atoms with Crippen molar-refractivity contribution >= 4 is 5.97 Å². The van der Waals surface area contributed by atoms with Crippen LogP contribution in [0.4, 0.5) is 0 Å². The number of methoxy groups -OCH3 is 1. The van der Waals surface area contributed by atoms with Crippen LogP contribution in [0.15, 0.2) is 52.9 Å². The number of ether oxygens (including phenoxy) is 4. The fourth-order valence-corrected chi connectivity index (χ4v) is 2.43. The van der Waals surface area contributed by atoms with E-state index < -0.39 is 5.97 Å². The molecule has 0 saturated carbocycles. The zero-order chi connectivity index (χ0) is 20.5. The van der Waals surface area contributed by atoms with Gasteiger partial charge in [0.15, 0.2) is 6.61 Å². The number of nitrogens with zero attached hydrogens (tertiary/aromatic N) is 2. The highest BCUT2D eigenvalue weighted by Gasteiger charge is 2.11. The van der Waals surface area contributed by atoms with Crippen LogP contribution in [0.5, 0.6) is 17.2 Å². The number of carbonyl (C=O) groups is 1. The lowest BCUT2D eigenvalue weighted by molar-refractivity contribution is -0.146. The summed E-state index contributed by atoms with van der Waals surface area (Å²) in [6, 6.07) is 14.4. The van der Waals surface area contributed by atoms with Crippen molar-refractivity contribution in [2.75, 3.05) is 20.3 Å². The quantitative estimate of drug-likeness (QED) is 0.478. The van der Waals surface area contributed by atoms with Gasteiger partial charge in [-0.05, 0) is 55.5 Å². The van der Waals surface area contributed by atoms with Crippen LogP contribution < -0.4 is 14.2 Å². The summed E-state index contributed by atoms with van der Waals surface area (Å²) in [6.07, 6.45) is 0.104. The van der Waals surface area contributed by atoms with Gasteiger partial charge in [-0.25, -0.2) is 0 Å². The van der Waals surface area contributed by atoms with Crippen molar-refractivity contribution in [1.82, 2.24) is 10.2 Å². The molecule has 0 fully saturated rings. The smallest absolute Gasteiger partial charge is 0.309 e. The topological polar surface area (TPSA) is 92.9 Å². The predicted molar refractivity (Wildman–Crippen MR) is 104 cm³/mol. The van der Waals surface area contributed by atoms with E-state index in [1.807, 2.05) is 19.1 Å². The number of carbonyl (C=O) groups excluding carboxylic acids is 1. The Balaban J connectivity index is 1.40. The highest BCUT2D eigenvalue weighted by Crippen LogP contribution is 2.21. The maximum Gasteiger partial charge on any atom is 0.309 e. The molecule has 0 bridgehead atoms. The van der Waals surface area contributed by atoms with Crippen molar-refractivity contribution in [3.63, 3.8) is 0 Å². The molecule has 0 atom stereocenters. The fourth-order valence-electron chi connectivity index (χ4n) is 2.43. The summed E-state index contributed by atoms with van der Waals surface area (Å²) < 4.78 is 26.7. The van der Waals surface area contributed by atoms with Gasteiger partial charge in [-0.15, -0.1) is 10.2 Å². The summed E-state index contributed by atoms with van der Waals surface area (Å²) in [5.74, 6) is 2.30. The molecule has 8 nitrogen and oxygen atoms in total. The average molecular weight is 398 g/mol. The molecule has 0 aliphatic carbocycles. The second-order valence-corrected chi connectivity index (χ2v) is 5.89. The van der Waals surface area contributed by atoms with Gasteiger partial charge >= 0.3 is 5.97 Å². The van der Waals surface area contributed by atoms with Gasteiger partial charge in [-0.3, -0.25) is 4.79 Å². The van der Waals surface area contributed by atoms with Crippen LogP contribution in [0.2, 0.25) is 0 Å². The molecule has 3 aromatic rings. The molecule has 0 aliphatic rings. The Morgan fingerprint density at radius 3 is 2.24 bits per heavy atom. The molecule has 8 heteroatoms. The Hall–Kier alpha value is -3.55. The molecule has 2 aromatic carbocycles. The Labute approximate surface area is 168 Å². The minimum Gasteiger partial charge on any atom is -0.497 e. The second-order valence-electron chi connectivity index (χ2n) is 5.89. The van der Waals surface area contributed by atoms with E-state index in [9.17, 15) is 4.79 Å². The first-order valence-electron chi connectivity index (χ1n) is 9.16. The first-order valence-corrected chi connectivity index (χ1v) is 9.16. The van der Waals surface area contributed by atoms with Crippen LogP contribution in [0.25, 0.3) is 11.5 Å². The molecular weight excluding hydrogens is 376 g/mol. The molecule has 0 radical (unpaired) electrons. The van der Waals surface area contributed by atoms with Crippen molar-refractivity contribution < 1.29 is 28.2 Å². The van der Waals surface area contributed by atoms with E-state index >= 15 is 0 Å². The zero-order valence-corrected chi connectivity index (χ0v) is 16.3. The Bertz CT molecular complexity index is 906. The summed E-state index contributed by atoms with van der Waals surface area (Å²) in [7, 11) is 1.59. The van der Waals surface area contributed by atoms with E-state index in [1.54, 1.807) is 43.5 Å². The maximum atomic E-state index is 11.9. The minimum absolute atomic E-state index is 0.0922. The Kier molecular flexibility index (Phi) is 7.05. The number of esters is 1. The van der Waals surface area contributed by atoms with Gasteiger partial charge < -0.3 is 23.4 Å². The van der Waals surface area contributed by atoms with Crippen molar-refractivity contribution in [3.05, 3.63) is 54.4 Å². The first kappa shape index (κ1) is 20.2. The van der Waals surface area contributed by atoms with Gasteiger partial charge in [0.25, 0.3) is 5.89 Å². The zero-order valence-electron chi connectivity index (χ0n) is 16.3. The monoisotopic (exact) mass is 398 g/mol. The van der Waals surface area contributed by atoms with Gasteiger partial charge in [0.1, 0.15) is 17.2 Å². The largest absolute Gasteiger partial charge is 0.497 e. The second kappa shape index (κ2) is 10.1. The van der Waals surface area contributed by atoms with Crippen LogP contribution in [-0.2, 0) is 16.1 Å². The summed E-state index contributed by atoms with van der Waals surface area (Å²) in [5, 5.41) is 7.85. The van der Waals surface area contributed by atoms with Gasteiger partial charge in [0.05, 0.1) is 26.7 Å². The maximum absolute atomic E-state index is 11.9. The predicted octanol–water partition coefficient (Wildman–Crippen LogP) is 3.66. The molecule has 0 unspecified atom stereocenters. The number of benzene rings is 2. The molecule has 0 saturated heterocycles. The number of aromatic nitrogens is 2. The highest BCUT2D eigenvalue weighted by molar-refractivity contribution is 5.69. The summed E-state index contributed by atoms with van der Waals surface area (Å²) >= 11 is 0. The summed E-state index contributed by atoms with van der Waals surface area (Å²) in [4.78, 5) is 11.9. The van der Waals surface area contributed by atoms with Crippen LogP contribution in [0, 0.1) is 0 Å². The lowest BCUT2D eigenvalue weighted by atomic mass is 10.2. The van der Waals surface area contributed by atoms with Crippen LogP contribution in [0.1, 0.15) is 19.2 Å². The van der Waals surface area contributed by atoms with Crippen molar-refractivity contribution in [2.45, 2.75) is 20.0 Å². The Morgan fingerprint density at radius 2 is 1.59 bits per heavy atom. The van der Waals surface area contributed by atoms with Gasteiger partial charge in [0.2, 0.25) is 5.89 Å². The van der Waals surface area contributed by atoms with Crippen molar-refractivity contribution in [3.8, 4) is 28.7 Å². The van der Waals surface area contributed by atoms with E-state index in [1.165, 1.54) is 0 Å². The molecule has 0 N–H and O–H groups in total. The van der Waals surface area contributed by atoms with Crippen molar-refractivity contribution in [2.24, 2.45) is 0 Å². The molecule has 152 valence electrons. The molecule has 29 heavy (non-hydrogen) atoms. The lowest BCUT2D eigenvalue weighted by Gasteiger charge is -2.07. The summed E-state index contributed by atoms with van der Waals surface area (Å²) in [6.45, 7) is 2.64. The van der Waals surface area contributed by atoms with E-state index in [-0.39, 0.29) is 25.5 Å². The van der Waals surface area contributed by atoms with E-state index in [0.717, 1.165) is 17.1 Å². The van der Waals surface area contributed by atoms with Gasteiger partial charge in [-0.1, -0.05) is 0 Å². The molecule has 0 amide bonds. The van der Waals surface area contributed by atoms with Crippen LogP contribution >= 0.6 is 0 Å². The standard InChI is InChI=1S/C21H22N2O6/c1-3-26-17-8-10-18(11-9-17)27-13-12-20(24)28-14-19-22-23-21(29-19)15-4-6-16(25-2)7-5-15/h4-11H,3,12-14H2,1-2H3. The summed E-state index contributed by atoms with van der Waals surface area (Å²) in [5.41, 5.74) is 0.750.